The first-order valence-corrected chi connectivity index (χ1v) is 8.03. The zero-order chi connectivity index (χ0) is 19.0. The van der Waals surface area contributed by atoms with Crippen molar-refractivity contribution < 1.29 is 13.7 Å². The summed E-state index contributed by atoms with van der Waals surface area (Å²) < 4.78 is 25.9. The topological polar surface area (TPSA) is 105 Å². The molecule has 0 aliphatic heterocycles. The van der Waals surface area contributed by atoms with Crippen LogP contribution in [0.4, 0.5) is 10.2 Å². The molecular formula is C18H15FN6O2. The summed E-state index contributed by atoms with van der Waals surface area (Å²) in [7, 11) is 1.56. The van der Waals surface area contributed by atoms with E-state index in [4.69, 9.17) is 15.0 Å². The first kappa shape index (κ1) is 16.7. The van der Waals surface area contributed by atoms with Crippen LogP contribution in [0.3, 0.4) is 0 Å². The van der Waals surface area contributed by atoms with E-state index in [2.05, 4.69) is 20.5 Å². The van der Waals surface area contributed by atoms with Crippen LogP contribution >= 0.6 is 0 Å². The van der Waals surface area contributed by atoms with E-state index in [-0.39, 0.29) is 28.8 Å². The van der Waals surface area contributed by atoms with Crippen LogP contribution in [0, 0.1) is 12.7 Å². The Balaban J connectivity index is 1.76. The van der Waals surface area contributed by atoms with E-state index in [1.807, 2.05) is 25.1 Å². The maximum atomic E-state index is 13.9. The van der Waals surface area contributed by atoms with Crippen molar-refractivity contribution in [1.29, 1.82) is 0 Å². The Bertz CT molecular complexity index is 1120. The SMILES string of the molecule is COc1ccc(C)cc1-n1nnc(-c2nc(-c3ccccc3F)no2)c1N. The fraction of sp³-hybridized carbons (Fsp3) is 0.111. The van der Waals surface area contributed by atoms with Crippen LogP contribution in [0.5, 0.6) is 5.75 Å². The molecule has 0 atom stereocenters. The van der Waals surface area contributed by atoms with Crippen molar-refractivity contribution in [2.24, 2.45) is 0 Å². The number of anilines is 1. The summed E-state index contributed by atoms with van der Waals surface area (Å²) >= 11 is 0. The number of methoxy groups -OCH3 is 1. The molecule has 0 aliphatic rings. The first-order valence-electron chi connectivity index (χ1n) is 8.03. The highest BCUT2D eigenvalue weighted by molar-refractivity contribution is 5.67. The van der Waals surface area contributed by atoms with Crippen LogP contribution < -0.4 is 10.5 Å². The van der Waals surface area contributed by atoms with E-state index in [1.54, 1.807) is 25.3 Å². The number of aryl methyl sites for hydroxylation is 1. The summed E-state index contributed by atoms with van der Waals surface area (Å²) in [6, 6.07) is 11.7. The van der Waals surface area contributed by atoms with Gasteiger partial charge in [-0.1, -0.05) is 28.6 Å². The predicted octanol–water partition coefficient (Wildman–Crippen LogP) is 3.02. The van der Waals surface area contributed by atoms with Crippen LogP contribution in [0.2, 0.25) is 0 Å². The maximum absolute atomic E-state index is 13.9. The molecule has 8 nitrogen and oxygen atoms in total. The molecule has 0 saturated heterocycles. The number of nitrogen functional groups attached to an aromatic ring is 1. The number of nitrogens with two attached hydrogens (primary N) is 1. The Morgan fingerprint density at radius 2 is 2.00 bits per heavy atom. The lowest BCUT2D eigenvalue weighted by Crippen LogP contribution is -2.04. The third-order valence-corrected chi connectivity index (χ3v) is 4.01. The van der Waals surface area contributed by atoms with Crippen molar-refractivity contribution in [1.82, 2.24) is 25.1 Å². The largest absolute Gasteiger partial charge is 0.494 e. The molecule has 0 unspecified atom stereocenters. The van der Waals surface area contributed by atoms with E-state index in [1.165, 1.54) is 10.7 Å². The van der Waals surface area contributed by atoms with Crippen LogP contribution in [-0.4, -0.2) is 32.2 Å². The molecule has 2 heterocycles. The van der Waals surface area contributed by atoms with Crippen molar-refractivity contribution in [3.63, 3.8) is 0 Å². The molecule has 27 heavy (non-hydrogen) atoms. The highest BCUT2D eigenvalue weighted by Gasteiger charge is 2.22. The van der Waals surface area contributed by atoms with Crippen LogP contribution in [0.15, 0.2) is 47.0 Å². The van der Waals surface area contributed by atoms with E-state index in [0.29, 0.717) is 11.4 Å². The summed E-state index contributed by atoms with van der Waals surface area (Å²) in [6.45, 7) is 1.94. The molecular weight excluding hydrogens is 351 g/mol. The lowest BCUT2D eigenvalue weighted by atomic mass is 10.2. The summed E-state index contributed by atoms with van der Waals surface area (Å²) in [6.07, 6.45) is 0. The van der Waals surface area contributed by atoms with Crippen molar-refractivity contribution in [2.45, 2.75) is 6.92 Å². The van der Waals surface area contributed by atoms with Crippen LogP contribution in [0.1, 0.15) is 5.56 Å². The average molecular weight is 366 g/mol. The Kier molecular flexibility index (Phi) is 4.03. The maximum Gasteiger partial charge on any atom is 0.282 e. The molecule has 136 valence electrons. The van der Waals surface area contributed by atoms with Gasteiger partial charge in [0.2, 0.25) is 5.82 Å². The third kappa shape index (κ3) is 2.88. The van der Waals surface area contributed by atoms with E-state index in [9.17, 15) is 4.39 Å². The number of hydrogen-bond donors (Lipinski definition) is 1. The van der Waals surface area contributed by atoms with Crippen LogP contribution in [-0.2, 0) is 0 Å². The third-order valence-electron chi connectivity index (χ3n) is 4.01. The smallest absolute Gasteiger partial charge is 0.282 e. The minimum absolute atomic E-state index is 0.0450. The van der Waals surface area contributed by atoms with Crippen molar-refractivity contribution in [2.75, 3.05) is 12.8 Å². The van der Waals surface area contributed by atoms with Gasteiger partial charge in [0, 0.05) is 0 Å². The van der Waals surface area contributed by atoms with Gasteiger partial charge in [0.05, 0.1) is 12.7 Å². The van der Waals surface area contributed by atoms with Gasteiger partial charge in [-0.05, 0) is 36.8 Å². The second-order valence-corrected chi connectivity index (χ2v) is 5.81. The van der Waals surface area contributed by atoms with Crippen molar-refractivity contribution >= 4 is 5.82 Å². The minimum atomic E-state index is -0.453. The molecule has 0 saturated carbocycles. The van der Waals surface area contributed by atoms with Gasteiger partial charge in [0.1, 0.15) is 17.3 Å². The zero-order valence-corrected chi connectivity index (χ0v) is 14.5. The highest BCUT2D eigenvalue weighted by atomic mass is 19.1. The number of aromatic nitrogens is 5. The lowest BCUT2D eigenvalue weighted by molar-refractivity contribution is 0.411. The number of hydrogen-bond acceptors (Lipinski definition) is 7. The number of benzene rings is 2. The number of ether oxygens (including phenoxy) is 1. The molecule has 0 spiro atoms. The van der Waals surface area contributed by atoms with Gasteiger partial charge < -0.3 is 15.0 Å². The molecule has 4 aromatic rings. The number of halogens is 1. The summed E-state index contributed by atoms with van der Waals surface area (Å²) in [5.74, 6) is 0.476. The number of nitrogens with zero attached hydrogens (tertiary/aromatic N) is 5. The molecule has 0 radical (unpaired) electrons. The molecule has 2 aromatic heterocycles. The van der Waals surface area contributed by atoms with E-state index in [0.717, 1.165) is 5.56 Å². The fourth-order valence-electron chi connectivity index (χ4n) is 2.66. The molecule has 9 heteroatoms. The molecule has 0 amide bonds. The Hall–Kier alpha value is -3.75. The van der Waals surface area contributed by atoms with Crippen LogP contribution in [0.25, 0.3) is 28.7 Å². The van der Waals surface area contributed by atoms with Gasteiger partial charge in [-0.3, -0.25) is 0 Å². The Labute approximate surface area is 153 Å². The molecule has 4 rings (SSSR count). The Morgan fingerprint density at radius 1 is 1.19 bits per heavy atom. The second-order valence-electron chi connectivity index (χ2n) is 5.81. The predicted molar refractivity (Wildman–Crippen MR) is 95.7 cm³/mol. The van der Waals surface area contributed by atoms with Crippen molar-refractivity contribution in [3.05, 3.63) is 53.8 Å². The van der Waals surface area contributed by atoms with Gasteiger partial charge >= 0.3 is 0 Å². The summed E-state index contributed by atoms with van der Waals surface area (Å²) in [5, 5.41) is 11.9. The zero-order valence-electron chi connectivity index (χ0n) is 14.5. The average Bonchev–Trinajstić information content (AvgIpc) is 3.28. The molecule has 0 bridgehead atoms. The normalized spacial score (nSPS) is 10.9. The van der Waals surface area contributed by atoms with Gasteiger partial charge in [-0.2, -0.15) is 9.67 Å². The first-order chi connectivity index (χ1) is 13.1. The minimum Gasteiger partial charge on any atom is -0.494 e. The quantitative estimate of drug-likeness (QED) is 0.592. The lowest BCUT2D eigenvalue weighted by Gasteiger charge is -2.09. The van der Waals surface area contributed by atoms with Gasteiger partial charge in [-0.15, -0.1) is 5.10 Å². The van der Waals surface area contributed by atoms with E-state index >= 15 is 0 Å². The molecule has 0 aliphatic carbocycles. The van der Waals surface area contributed by atoms with Gasteiger partial charge in [0.15, 0.2) is 11.5 Å². The standard InChI is InChI=1S/C18H15FN6O2/c1-10-7-8-14(26-2)13(9-10)25-16(20)15(22-24-25)18-21-17(23-27-18)11-5-3-4-6-12(11)19/h3-9H,20H2,1-2H3. The monoisotopic (exact) mass is 366 g/mol. The molecule has 2 aromatic carbocycles. The highest BCUT2D eigenvalue weighted by Crippen LogP contribution is 2.30. The van der Waals surface area contributed by atoms with Gasteiger partial charge in [-0.25, -0.2) is 4.39 Å². The molecule has 2 N–H and O–H groups in total. The second kappa shape index (κ2) is 6.52. The van der Waals surface area contributed by atoms with Gasteiger partial charge in [0.25, 0.3) is 5.89 Å². The Morgan fingerprint density at radius 3 is 2.78 bits per heavy atom. The summed E-state index contributed by atoms with van der Waals surface area (Å²) in [4.78, 5) is 4.19. The van der Waals surface area contributed by atoms with E-state index < -0.39 is 5.82 Å². The molecule has 0 fully saturated rings. The number of rotatable bonds is 4. The fourth-order valence-corrected chi connectivity index (χ4v) is 2.66. The van der Waals surface area contributed by atoms with Crippen molar-refractivity contribution in [3.8, 4) is 34.4 Å². The summed E-state index contributed by atoms with van der Waals surface area (Å²) in [5.41, 5.74) is 8.25.